The number of carbonyl (C=O) groups excluding carboxylic acids is 1. The van der Waals surface area contributed by atoms with Gasteiger partial charge in [0.25, 0.3) is 0 Å². The van der Waals surface area contributed by atoms with E-state index in [1.54, 1.807) is 0 Å². The Hall–Kier alpha value is -0.570. The van der Waals surface area contributed by atoms with Crippen LogP contribution in [0.1, 0.15) is 33.6 Å². The first-order valence-corrected chi connectivity index (χ1v) is 5.89. The van der Waals surface area contributed by atoms with Gasteiger partial charge in [0.1, 0.15) is 0 Å². The minimum absolute atomic E-state index is 0.226. The number of carbonyl (C=O) groups is 1. The highest BCUT2D eigenvalue weighted by atomic mass is 16.2. The topological polar surface area (TPSA) is 32.3 Å². The van der Waals surface area contributed by atoms with Crippen LogP contribution in [0.2, 0.25) is 0 Å². The molecule has 0 bridgehead atoms. The SMILES string of the molecule is CNCC1CCN(C(=O)C(C)(C)C)CC1. The number of hydrogen-bond donors (Lipinski definition) is 1. The number of hydrogen-bond acceptors (Lipinski definition) is 2. The van der Waals surface area contributed by atoms with Crippen molar-refractivity contribution in [3.63, 3.8) is 0 Å². The van der Waals surface area contributed by atoms with Gasteiger partial charge in [-0.15, -0.1) is 0 Å². The van der Waals surface area contributed by atoms with Crippen LogP contribution in [0, 0.1) is 11.3 Å². The number of likely N-dealkylation sites (tertiary alicyclic amines) is 1. The molecule has 0 radical (unpaired) electrons. The van der Waals surface area contributed by atoms with E-state index in [1.807, 2.05) is 32.7 Å². The molecule has 1 N–H and O–H groups in total. The van der Waals surface area contributed by atoms with Gasteiger partial charge in [-0.3, -0.25) is 4.79 Å². The normalized spacial score (nSPS) is 19.3. The Balaban J connectivity index is 2.41. The van der Waals surface area contributed by atoms with Gasteiger partial charge in [-0.25, -0.2) is 0 Å². The van der Waals surface area contributed by atoms with Crippen LogP contribution in [0.3, 0.4) is 0 Å². The third-order valence-corrected chi connectivity index (χ3v) is 3.04. The fraction of sp³-hybridized carbons (Fsp3) is 0.917. The molecule has 0 saturated carbocycles. The zero-order valence-electron chi connectivity index (χ0n) is 10.5. The summed E-state index contributed by atoms with van der Waals surface area (Å²) >= 11 is 0. The van der Waals surface area contributed by atoms with E-state index in [0.717, 1.165) is 38.4 Å². The molecule has 0 spiro atoms. The molecule has 0 atom stereocenters. The van der Waals surface area contributed by atoms with E-state index >= 15 is 0 Å². The first-order valence-electron chi connectivity index (χ1n) is 5.89. The van der Waals surface area contributed by atoms with Crippen LogP contribution in [0.5, 0.6) is 0 Å². The Morgan fingerprint density at radius 2 is 1.87 bits per heavy atom. The van der Waals surface area contributed by atoms with Crippen LogP contribution in [-0.2, 0) is 4.79 Å². The van der Waals surface area contributed by atoms with Crippen molar-refractivity contribution in [3.05, 3.63) is 0 Å². The highest BCUT2D eigenvalue weighted by Crippen LogP contribution is 2.22. The van der Waals surface area contributed by atoms with Crippen molar-refractivity contribution in [2.45, 2.75) is 33.6 Å². The highest BCUT2D eigenvalue weighted by molar-refractivity contribution is 5.81. The Morgan fingerprint density at radius 1 is 1.33 bits per heavy atom. The molecule has 3 nitrogen and oxygen atoms in total. The molecule has 1 heterocycles. The summed E-state index contributed by atoms with van der Waals surface area (Å²) in [6, 6.07) is 0. The molecule has 1 amide bonds. The van der Waals surface area contributed by atoms with Crippen molar-refractivity contribution < 1.29 is 4.79 Å². The molecule has 0 aromatic rings. The zero-order chi connectivity index (χ0) is 11.5. The van der Waals surface area contributed by atoms with Gasteiger partial charge in [-0.1, -0.05) is 20.8 Å². The summed E-state index contributed by atoms with van der Waals surface area (Å²) in [6.45, 7) is 8.93. The van der Waals surface area contributed by atoms with Gasteiger partial charge in [-0.2, -0.15) is 0 Å². The molecule has 0 unspecified atom stereocenters. The number of nitrogens with one attached hydrogen (secondary N) is 1. The molecule has 0 aromatic heterocycles. The van der Waals surface area contributed by atoms with Crippen molar-refractivity contribution in [2.24, 2.45) is 11.3 Å². The van der Waals surface area contributed by atoms with Crippen molar-refractivity contribution >= 4 is 5.91 Å². The molecule has 1 aliphatic rings. The maximum Gasteiger partial charge on any atom is 0.227 e. The molecular weight excluding hydrogens is 188 g/mol. The Bertz CT molecular complexity index is 212. The van der Waals surface area contributed by atoms with Gasteiger partial charge in [0, 0.05) is 18.5 Å². The average molecular weight is 212 g/mol. The van der Waals surface area contributed by atoms with E-state index in [0.29, 0.717) is 5.91 Å². The van der Waals surface area contributed by atoms with Crippen LogP contribution >= 0.6 is 0 Å². The van der Waals surface area contributed by atoms with Crippen molar-refractivity contribution in [1.82, 2.24) is 10.2 Å². The molecule has 15 heavy (non-hydrogen) atoms. The molecule has 88 valence electrons. The summed E-state index contributed by atoms with van der Waals surface area (Å²) in [6.07, 6.45) is 2.28. The summed E-state index contributed by atoms with van der Waals surface area (Å²) in [7, 11) is 1.99. The standard InChI is InChI=1S/C12H24N2O/c1-12(2,3)11(15)14-7-5-10(6-8-14)9-13-4/h10,13H,5-9H2,1-4H3. The Labute approximate surface area is 93.2 Å². The second kappa shape index (κ2) is 4.97. The lowest BCUT2D eigenvalue weighted by molar-refractivity contribution is -0.140. The largest absolute Gasteiger partial charge is 0.342 e. The molecule has 0 aliphatic carbocycles. The quantitative estimate of drug-likeness (QED) is 0.752. The minimum Gasteiger partial charge on any atom is -0.342 e. The fourth-order valence-corrected chi connectivity index (χ4v) is 2.10. The highest BCUT2D eigenvalue weighted by Gasteiger charge is 2.29. The first-order chi connectivity index (χ1) is 6.95. The molecule has 1 rings (SSSR count). The third kappa shape index (κ3) is 3.49. The third-order valence-electron chi connectivity index (χ3n) is 3.04. The molecule has 1 fully saturated rings. The van der Waals surface area contributed by atoms with Gasteiger partial charge >= 0.3 is 0 Å². The number of piperidine rings is 1. The van der Waals surface area contributed by atoms with Gasteiger partial charge in [0.15, 0.2) is 0 Å². The second-order valence-corrected chi connectivity index (χ2v) is 5.54. The lowest BCUT2D eigenvalue weighted by Gasteiger charge is -2.35. The number of nitrogens with zero attached hydrogens (tertiary/aromatic N) is 1. The maximum atomic E-state index is 12.0. The second-order valence-electron chi connectivity index (χ2n) is 5.54. The fourth-order valence-electron chi connectivity index (χ4n) is 2.10. The van der Waals surface area contributed by atoms with Crippen LogP contribution < -0.4 is 5.32 Å². The lowest BCUT2D eigenvalue weighted by atomic mass is 9.91. The van der Waals surface area contributed by atoms with Gasteiger partial charge in [-0.05, 0) is 32.4 Å². The van der Waals surface area contributed by atoms with Crippen LogP contribution in [0.15, 0.2) is 0 Å². The van der Waals surface area contributed by atoms with Crippen molar-refractivity contribution in [2.75, 3.05) is 26.7 Å². The van der Waals surface area contributed by atoms with Crippen molar-refractivity contribution in [3.8, 4) is 0 Å². The Morgan fingerprint density at radius 3 is 2.27 bits per heavy atom. The lowest BCUT2D eigenvalue weighted by Crippen LogP contribution is -2.45. The van der Waals surface area contributed by atoms with Crippen molar-refractivity contribution in [1.29, 1.82) is 0 Å². The molecule has 3 heteroatoms. The van der Waals surface area contributed by atoms with Crippen LogP contribution in [-0.4, -0.2) is 37.5 Å². The summed E-state index contributed by atoms with van der Waals surface area (Å²) in [5, 5.41) is 3.21. The van der Waals surface area contributed by atoms with E-state index in [2.05, 4.69) is 5.32 Å². The van der Waals surface area contributed by atoms with Gasteiger partial charge in [0.2, 0.25) is 5.91 Å². The maximum absolute atomic E-state index is 12.0. The smallest absolute Gasteiger partial charge is 0.227 e. The average Bonchev–Trinajstić information content (AvgIpc) is 2.17. The minimum atomic E-state index is -0.226. The van der Waals surface area contributed by atoms with E-state index in [9.17, 15) is 4.79 Å². The monoisotopic (exact) mass is 212 g/mol. The number of rotatable bonds is 2. The zero-order valence-corrected chi connectivity index (χ0v) is 10.5. The van der Waals surface area contributed by atoms with Crippen LogP contribution in [0.25, 0.3) is 0 Å². The summed E-state index contributed by atoms with van der Waals surface area (Å²) in [4.78, 5) is 14.0. The molecular formula is C12H24N2O. The van der Waals surface area contributed by atoms with E-state index < -0.39 is 0 Å². The summed E-state index contributed by atoms with van der Waals surface area (Å²) in [5.74, 6) is 1.05. The van der Waals surface area contributed by atoms with Gasteiger partial charge < -0.3 is 10.2 Å². The van der Waals surface area contributed by atoms with E-state index in [-0.39, 0.29) is 5.41 Å². The molecule has 1 aliphatic heterocycles. The number of amides is 1. The van der Waals surface area contributed by atoms with Gasteiger partial charge in [0.05, 0.1) is 0 Å². The summed E-state index contributed by atoms with van der Waals surface area (Å²) < 4.78 is 0. The molecule has 1 saturated heterocycles. The summed E-state index contributed by atoms with van der Waals surface area (Å²) in [5.41, 5.74) is -0.226. The van der Waals surface area contributed by atoms with Crippen LogP contribution in [0.4, 0.5) is 0 Å². The van der Waals surface area contributed by atoms with E-state index in [4.69, 9.17) is 0 Å². The first kappa shape index (κ1) is 12.5. The van der Waals surface area contributed by atoms with E-state index in [1.165, 1.54) is 0 Å². The Kier molecular flexibility index (Phi) is 4.14. The predicted molar refractivity (Wildman–Crippen MR) is 62.7 cm³/mol. The predicted octanol–water partition coefficient (Wildman–Crippen LogP) is 1.49. The molecule has 0 aromatic carbocycles.